The van der Waals surface area contributed by atoms with Crippen LogP contribution in [-0.2, 0) is 16.1 Å². The Labute approximate surface area is 193 Å². The molecule has 1 aliphatic carbocycles. The smallest absolute Gasteiger partial charge is 0.224 e. The number of morpholine rings is 1. The number of rotatable bonds is 8. The molecule has 32 heavy (non-hydrogen) atoms. The molecule has 1 aliphatic heterocycles. The van der Waals surface area contributed by atoms with Crippen LogP contribution in [0.1, 0.15) is 57.9 Å². The van der Waals surface area contributed by atoms with E-state index in [1.165, 1.54) is 32.1 Å². The highest BCUT2D eigenvalue weighted by Gasteiger charge is 2.38. The number of carbonyl (C=O) groups is 1. The van der Waals surface area contributed by atoms with Crippen LogP contribution < -0.4 is 16.0 Å². The van der Waals surface area contributed by atoms with Gasteiger partial charge in [0.05, 0.1) is 13.2 Å². The van der Waals surface area contributed by atoms with E-state index in [1.54, 1.807) is 0 Å². The SMILES string of the molecule is CN=C(NCc1cccc(NC(=O)CC(C)C)c1)NCC1(N2CCOCC2)CCCCC1. The van der Waals surface area contributed by atoms with Gasteiger partial charge in [-0.3, -0.25) is 14.7 Å². The first-order valence-electron chi connectivity index (χ1n) is 12.2. The Balaban J connectivity index is 1.54. The Bertz CT molecular complexity index is 752. The third-order valence-electron chi connectivity index (χ3n) is 6.54. The molecule has 0 aromatic heterocycles. The molecule has 0 atom stereocenters. The molecule has 1 saturated carbocycles. The van der Waals surface area contributed by atoms with Gasteiger partial charge in [-0.05, 0) is 36.5 Å². The maximum atomic E-state index is 12.1. The molecule has 0 spiro atoms. The lowest BCUT2D eigenvalue weighted by Crippen LogP contribution is -2.60. The highest BCUT2D eigenvalue weighted by molar-refractivity contribution is 5.90. The second kappa shape index (κ2) is 12.2. The Morgan fingerprint density at radius 2 is 1.91 bits per heavy atom. The van der Waals surface area contributed by atoms with E-state index in [0.29, 0.717) is 18.9 Å². The van der Waals surface area contributed by atoms with Crippen molar-refractivity contribution in [2.24, 2.45) is 10.9 Å². The van der Waals surface area contributed by atoms with Crippen molar-refractivity contribution >= 4 is 17.6 Å². The molecule has 2 aliphatic rings. The van der Waals surface area contributed by atoms with Crippen LogP contribution in [0.5, 0.6) is 0 Å². The minimum Gasteiger partial charge on any atom is -0.379 e. The van der Waals surface area contributed by atoms with Gasteiger partial charge >= 0.3 is 0 Å². The van der Waals surface area contributed by atoms with E-state index >= 15 is 0 Å². The number of aliphatic imine (C=N–C) groups is 1. The number of nitrogens with one attached hydrogen (secondary N) is 3. The number of hydrogen-bond donors (Lipinski definition) is 3. The van der Waals surface area contributed by atoms with Gasteiger partial charge in [-0.2, -0.15) is 0 Å². The summed E-state index contributed by atoms with van der Waals surface area (Å²) >= 11 is 0. The van der Waals surface area contributed by atoms with Crippen molar-refractivity contribution in [1.29, 1.82) is 0 Å². The van der Waals surface area contributed by atoms with Gasteiger partial charge in [-0.25, -0.2) is 0 Å². The van der Waals surface area contributed by atoms with Gasteiger partial charge in [-0.15, -0.1) is 0 Å². The monoisotopic (exact) mass is 443 g/mol. The van der Waals surface area contributed by atoms with E-state index in [1.807, 2.05) is 25.2 Å². The van der Waals surface area contributed by atoms with Crippen molar-refractivity contribution in [3.05, 3.63) is 29.8 Å². The first-order valence-corrected chi connectivity index (χ1v) is 12.2. The Kier molecular flexibility index (Phi) is 9.36. The van der Waals surface area contributed by atoms with Crippen molar-refractivity contribution in [1.82, 2.24) is 15.5 Å². The van der Waals surface area contributed by atoms with Gasteiger partial charge in [0.1, 0.15) is 0 Å². The minimum absolute atomic E-state index is 0.0588. The standard InChI is InChI=1S/C25H41N5O2/c1-20(2)16-23(31)29-22-9-7-8-21(17-22)18-27-24(26-3)28-19-25(10-5-4-6-11-25)30-12-14-32-15-13-30/h7-9,17,20H,4-6,10-16,18-19H2,1-3H3,(H,29,31)(H2,26,27,28). The van der Waals surface area contributed by atoms with Crippen LogP contribution in [0.2, 0.25) is 0 Å². The van der Waals surface area contributed by atoms with Crippen LogP contribution in [0.15, 0.2) is 29.3 Å². The van der Waals surface area contributed by atoms with Crippen LogP contribution in [-0.4, -0.2) is 62.2 Å². The lowest BCUT2D eigenvalue weighted by atomic mass is 9.80. The van der Waals surface area contributed by atoms with Gasteiger partial charge in [-0.1, -0.05) is 45.2 Å². The van der Waals surface area contributed by atoms with Gasteiger partial charge in [0.15, 0.2) is 5.96 Å². The quantitative estimate of drug-likeness (QED) is 0.424. The molecule has 178 valence electrons. The van der Waals surface area contributed by atoms with Crippen molar-refractivity contribution < 1.29 is 9.53 Å². The zero-order valence-electron chi connectivity index (χ0n) is 20.1. The number of benzene rings is 1. The Morgan fingerprint density at radius 1 is 1.16 bits per heavy atom. The second-order valence-electron chi connectivity index (χ2n) is 9.51. The highest BCUT2D eigenvalue weighted by Crippen LogP contribution is 2.33. The van der Waals surface area contributed by atoms with E-state index in [9.17, 15) is 4.79 Å². The van der Waals surface area contributed by atoms with Crippen LogP contribution in [0.4, 0.5) is 5.69 Å². The molecular weight excluding hydrogens is 402 g/mol. The molecule has 1 amide bonds. The summed E-state index contributed by atoms with van der Waals surface area (Å²) in [6.45, 7) is 9.35. The van der Waals surface area contributed by atoms with E-state index in [2.05, 4.69) is 45.8 Å². The normalized spacial score (nSPS) is 19.6. The molecule has 1 aromatic rings. The molecule has 3 rings (SSSR count). The first-order chi connectivity index (χ1) is 15.5. The first kappa shape index (κ1) is 24.5. The van der Waals surface area contributed by atoms with Crippen LogP contribution in [0.25, 0.3) is 0 Å². The van der Waals surface area contributed by atoms with Gasteiger partial charge < -0.3 is 20.7 Å². The maximum absolute atomic E-state index is 12.1. The van der Waals surface area contributed by atoms with E-state index < -0.39 is 0 Å². The number of nitrogens with zero attached hydrogens (tertiary/aromatic N) is 2. The molecule has 7 heteroatoms. The molecule has 7 nitrogen and oxygen atoms in total. The van der Waals surface area contributed by atoms with E-state index in [0.717, 1.165) is 50.1 Å². The lowest BCUT2D eigenvalue weighted by Gasteiger charge is -2.48. The number of amides is 1. The number of ether oxygens (including phenoxy) is 1. The fourth-order valence-corrected chi connectivity index (χ4v) is 4.85. The third kappa shape index (κ3) is 7.20. The summed E-state index contributed by atoms with van der Waals surface area (Å²) in [6.07, 6.45) is 6.91. The van der Waals surface area contributed by atoms with Gasteiger partial charge in [0, 0.05) is 50.9 Å². The summed E-state index contributed by atoms with van der Waals surface area (Å²) in [6, 6.07) is 8.00. The number of carbonyl (C=O) groups excluding carboxylic acids is 1. The van der Waals surface area contributed by atoms with E-state index in [4.69, 9.17) is 4.74 Å². The van der Waals surface area contributed by atoms with Crippen molar-refractivity contribution in [3.8, 4) is 0 Å². The van der Waals surface area contributed by atoms with Crippen LogP contribution in [0, 0.1) is 5.92 Å². The summed E-state index contributed by atoms with van der Waals surface area (Å²) < 4.78 is 5.60. The Hall–Kier alpha value is -2.12. The van der Waals surface area contributed by atoms with Crippen LogP contribution >= 0.6 is 0 Å². The van der Waals surface area contributed by atoms with Gasteiger partial charge in [0.2, 0.25) is 5.91 Å². The van der Waals surface area contributed by atoms with E-state index in [-0.39, 0.29) is 11.4 Å². The predicted molar refractivity (Wildman–Crippen MR) is 131 cm³/mol. The summed E-state index contributed by atoms with van der Waals surface area (Å²) in [5, 5.41) is 10.0. The summed E-state index contributed by atoms with van der Waals surface area (Å²) in [5.41, 5.74) is 2.14. The molecule has 3 N–H and O–H groups in total. The number of anilines is 1. The largest absolute Gasteiger partial charge is 0.379 e. The predicted octanol–water partition coefficient (Wildman–Crippen LogP) is 3.37. The third-order valence-corrected chi connectivity index (χ3v) is 6.54. The van der Waals surface area contributed by atoms with Crippen LogP contribution in [0.3, 0.4) is 0 Å². The summed E-state index contributed by atoms with van der Waals surface area (Å²) in [7, 11) is 1.82. The van der Waals surface area contributed by atoms with Crippen molar-refractivity contribution in [2.45, 2.75) is 64.5 Å². The zero-order valence-corrected chi connectivity index (χ0v) is 20.1. The highest BCUT2D eigenvalue weighted by atomic mass is 16.5. The zero-order chi connectivity index (χ0) is 22.8. The maximum Gasteiger partial charge on any atom is 0.224 e. The average Bonchev–Trinajstić information content (AvgIpc) is 2.80. The lowest BCUT2D eigenvalue weighted by molar-refractivity contribution is -0.116. The fourth-order valence-electron chi connectivity index (χ4n) is 4.85. The molecule has 1 saturated heterocycles. The fraction of sp³-hybridized carbons (Fsp3) is 0.680. The number of hydrogen-bond acceptors (Lipinski definition) is 4. The Morgan fingerprint density at radius 3 is 2.59 bits per heavy atom. The molecule has 0 unspecified atom stereocenters. The molecule has 2 fully saturated rings. The molecule has 1 aromatic carbocycles. The van der Waals surface area contributed by atoms with Crippen molar-refractivity contribution in [2.75, 3.05) is 45.2 Å². The second-order valence-corrected chi connectivity index (χ2v) is 9.51. The molecule has 1 heterocycles. The molecular formula is C25H41N5O2. The van der Waals surface area contributed by atoms with Crippen molar-refractivity contribution in [3.63, 3.8) is 0 Å². The topological polar surface area (TPSA) is 78.0 Å². The van der Waals surface area contributed by atoms with Gasteiger partial charge in [0.25, 0.3) is 0 Å². The average molecular weight is 444 g/mol. The molecule has 0 radical (unpaired) electrons. The minimum atomic E-state index is 0.0588. The molecule has 0 bridgehead atoms. The summed E-state index contributed by atoms with van der Waals surface area (Å²) in [4.78, 5) is 19.2. The number of guanidine groups is 1. The summed E-state index contributed by atoms with van der Waals surface area (Å²) in [5.74, 6) is 1.22.